The van der Waals surface area contributed by atoms with Gasteiger partial charge < -0.3 is 0 Å². The summed E-state index contributed by atoms with van der Waals surface area (Å²) >= 11 is 0. The summed E-state index contributed by atoms with van der Waals surface area (Å²) in [5.41, 5.74) is -3.22. The van der Waals surface area contributed by atoms with Crippen molar-refractivity contribution in [2.45, 2.75) is 18.3 Å². The van der Waals surface area contributed by atoms with Gasteiger partial charge in [-0.15, -0.1) is 0 Å². The number of halogens is 4. The maximum Gasteiger partial charge on any atom is 0.416 e. The van der Waals surface area contributed by atoms with Gasteiger partial charge in [0.05, 0.1) is 12.1 Å². The number of nitrogens with zero attached hydrogens (tertiary/aromatic N) is 2. The van der Waals surface area contributed by atoms with Crippen LogP contribution in [0.2, 0.25) is 0 Å². The summed E-state index contributed by atoms with van der Waals surface area (Å²) in [6.45, 7) is -0.567. The lowest BCUT2D eigenvalue weighted by Gasteiger charge is -2.24. The second kappa shape index (κ2) is 5.47. The molecule has 0 spiro atoms. The summed E-state index contributed by atoms with van der Waals surface area (Å²) in [5.74, 6) is 0. The Labute approximate surface area is 126 Å². The molecular formula is C13H16F4N2O2S. The third-order valence-electron chi connectivity index (χ3n) is 3.68. The molecule has 2 rings (SSSR count). The van der Waals surface area contributed by atoms with E-state index in [0.29, 0.717) is 0 Å². The Morgan fingerprint density at radius 2 is 1.91 bits per heavy atom. The minimum absolute atomic E-state index is 0.0761. The van der Waals surface area contributed by atoms with E-state index in [1.807, 2.05) is 0 Å². The van der Waals surface area contributed by atoms with Crippen LogP contribution in [0.5, 0.6) is 0 Å². The van der Waals surface area contributed by atoms with Gasteiger partial charge in [-0.1, -0.05) is 12.1 Å². The maximum absolute atomic E-state index is 15.0. The van der Waals surface area contributed by atoms with Gasteiger partial charge in [-0.05, 0) is 17.7 Å². The Morgan fingerprint density at radius 1 is 1.27 bits per heavy atom. The fraction of sp³-hybridized carbons (Fsp3) is 0.538. The molecule has 1 fully saturated rings. The van der Waals surface area contributed by atoms with Crippen molar-refractivity contribution in [3.63, 3.8) is 0 Å². The number of hydrogen-bond acceptors (Lipinski definition) is 2. The molecule has 1 aromatic rings. The molecule has 0 bridgehead atoms. The lowest BCUT2D eigenvalue weighted by Crippen LogP contribution is -2.40. The number of benzene rings is 1. The molecule has 0 aromatic heterocycles. The Morgan fingerprint density at radius 3 is 2.45 bits per heavy atom. The third-order valence-corrected chi connectivity index (χ3v) is 5.57. The highest BCUT2D eigenvalue weighted by atomic mass is 32.2. The molecule has 1 saturated heterocycles. The molecule has 1 atom stereocenters. The Bertz CT molecular complexity index is 660. The van der Waals surface area contributed by atoms with E-state index in [1.54, 1.807) is 0 Å². The van der Waals surface area contributed by atoms with Gasteiger partial charge in [-0.2, -0.15) is 30.2 Å². The van der Waals surface area contributed by atoms with Crippen molar-refractivity contribution in [3.05, 3.63) is 35.4 Å². The van der Waals surface area contributed by atoms with Crippen molar-refractivity contribution in [1.82, 2.24) is 8.61 Å². The van der Waals surface area contributed by atoms with Crippen LogP contribution >= 0.6 is 0 Å². The highest BCUT2D eigenvalue weighted by molar-refractivity contribution is 7.86. The summed E-state index contributed by atoms with van der Waals surface area (Å²) in [7, 11) is -1.16. The van der Waals surface area contributed by atoms with Crippen LogP contribution in [0.25, 0.3) is 0 Å². The van der Waals surface area contributed by atoms with Gasteiger partial charge in [-0.3, -0.25) is 0 Å². The molecule has 0 unspecified atom stereocenters. The van der Waals surface area contributed by atoms with Crippen LogP contribution in [0.1, 0.15) is 17.5 Å². The van der Waals surface area contributed by atoms with Crippen LogP contribution in [-0.2, 0) is 22.1 Å². The first-order valence-electron chi connectivity index (χ1n) is 6.51. The second-order valence-electron chi connectivity index (χ2n) is 5.42. The molecular weight excluding hydrogens is 324 g/mol. The predicted molar refractivity (Wildman–Crippen MR) is 73.0 cm³/mol. The highest BCUT2D eigenvalue weighted by Gasteiger charge is 2.45. The summed E-state index contributed by atoms with van der Waals surface area (Å²) < 4.78 is 79.0. The molecule has 0 radical (unpaired) electrons. The van der Waals surface area contributed by atoms with Crippen LogP contribution in [0, 0.1) is 0 Å². The van der Waals surface area contributed by atoms with Crippen LogP contribution in [-0.4, -0.2) is 44.2 Å². The topological polar surface area (TPSA) is 40.6 Å². The van der Waals surface area contributed by atoms with Gasteiger partial charge in [-0.25, -0.2) is 4.39 Å². The Hall–Kier alpha value is -1.19. The van der Waals surface area contributed by atoms with E-state index in [2.05, 4.69) is 0 Å². The molecule has 0 N–H and O–H groups in total. The van der Waals surface area contributed by atoms with Crippen LogP contribution in [0.3, 0.4) is 0 Å². The molecule has 4 nitrogen and oxygen atoms in total. The van der Waals surface area contributed by atoms with Crippen LogP contribution < -0.4 is 0 Å². The van der Waals surface area contributed by atoms with Crippen molar-refractivity contribution in [1.29, 1.82) is 0 Å². The zero-order chi connectivity index (χ0) is 16.8. The van der Waals surface area contributed by atoms with Gasteiger partial charge in [0.1, 0.15) is 0 Å². The molecule has 22 heavy (non-hydrogen) atoms. The Kier molecular flexibility index (Phi) is 4.27. The van der Waals surface area contributed by atoms with Gasteiger partial charge in [0, 0.05) is 27.1 Å². The van der Waals surface area contributed by atoms with E-state index in [0.717, 1.165) is 26.8 Å². The predicted octanol–water partition coefficient (Wildman–Crippen LogP) is 2.38. The summed E-state index contributed by atoms with van der Waals surface area (Å²) in [4.78, 5) is 0. The molecule has 124 valence electrons. The molecule has 1 aliphatic rings. The normalized spacial score (nSPS) is 24.1. The first kappa shape index (κ1) is 17.2. The van der Waals surface area contributed by atoms with E-state index in [1.165, 1.54) is 20.2 Å². The number of hydrogen-bond donors (Lipinski definition) is 0. The van der Waals surface area contributed by atoms with Gasteiger partial charge >= 0.3 is 6.18 Å². The largest absolute Gasteiger partial charge is 0.416 e. The molecule has 0 amide bonds. The lowest BCUT2D eigenvalue weighted by atomic mass is 9.93. The SMILES string of the molecule is CN(C)S(=O)(=O)N1CC[C@](F)(c2cccc(C(F)(F)F)c2)C1. The van der Waals surface area contributed by atoms with Crippen molar-refractivity contribution in [2.24, 2.45) is 0 Å². The summed E-state index contributed by atoms with van der Waals surface area (Å²) in [6, 6.07) is 3.98. The summed E-state index contributed by atoms with van der Waals surface area (Å²) in [5, 5.41) is 0. The van der Waals surface area contributed by atoms with E-state index >= 15 is 0 Å². The quantitative estimate of drug-likeness (QED) is 0.793. The molecule has 9 heteroatoms. The Balaban J connectivity index is 2.31. The van der Waals surface area contributed by atoms with E-state index in [9.17, 15) is 26.0 Å². The van der Waals surface area contributed by atoms with E-state index in [-0.39, 0.29) is 18.5 Å². The smallest absolute Gasteiger partial charge is 0.237 e. The first-order chi connectivity index (χ1) is 9.97. The fourth-order valence-electron chi connectivity index (χ4n) is 2.38. The van der Waals surface area contributed by atoms with Crippen molar-refractivity contribution in [3.8, 4) is 0 Å². The van der Waals surface area contributed by atoms with Gasteiger partial charge in [0.15, 0.2) is 5.67 Å². The molecule has 0 aliphatic carbocycles. The minimum Gasteiger partial charge on any atom is -0.237 e. The van der Waals surface area contributed by atoms with Crippen LogP contribution in [0.4, 0.5) is 17.6 Å². The standard InChI is InChI=1S/C13H16F4N2O2S/c1-18(2)22(20,21)19-7-6-12(14,9-19)10-4-3-5-11(8-10)13(15,16)17/h3-5,8H,6-7,9H2,1-2H3/t12-/m1/s1. The van der Waals surface area contributed by atoms with E-state index < -0.39 is 34.2 Å². The average molecular weight is 340 g/mol. The average Bonchev–Trinajstić information content (AvgIpc) is 2.82. The second-order valence-corrected chi connectivity index (χ2v) is 7.56. The third kappa shape index (κ3) is 3.11. The molecule has 1 aliphatic heterocycles. The monoisotopic (exact) mass is 340 g/mol. The number of alkyl halides is 4. The zero-order valence-corrected chi connectivity index (χ0v) is 12.9. The highest BCUT2D eigenvalue weighted by Crippen LogP contribution is 2.39. The van der Waals surface area contributed by atoms with Crippen molar-refractivity contribution >= 4 is 10.2 Å². The minimum atomic E-state index is -4.57. The van der Waals surface area contributed by atoms with Crippen LogP contribution in [0.15, 0.2) is 24.3 Å². The molecule has 0 saturated carbocycles. The number of rotatable bonds is 3. The fourth-order valence-corrected chi connectivity index (χ4v) is 3.53. The maximum atomic E-state index is 15.0. The molecule has 1 aromatic carbocycles. The molecule has 1 heterocycles. The van der Waals surface area contributed by atoms with Crippen molar-refractivity contribution in [2.75, 3.05) is 27.2 Å². The van der Waals surface area contributed by atoms with Crippen molar-refractivity contribution < 1.29 is 26.0 Å². The first-order valence-corrected chi connectivity index (χ1v) is 7.91. The van der Waals surface area contributed by atoms with Gasteiger partial charge in [0.2, 0.25) is 0 Å². The van der Waals surface area contributed by atoms with Gasteiger partial charge in [0.25, 0.3) is 10.2 Å². The summed E-state index contributed by atoms with van der Waals surface area (Å²) in [6.07, 6.45) is -4.75. The van der Waals surface area contributed by atoms with E-state index in [4.69, 9.17) is 0 Å². The lowest BCUT2D eigenvalue weighted by molar-refractivity contribution is -0.137. The zero-order valence-electron chi connectivity index (χ0n) is 12.1.